The topological polar surface area (TPSA) is 85.8 Å². The number of alkyl halides is 3. The molecular formula is C5H6Cl3N5O. The van der Waals surface area contributed by atoms with Gasteiger partial charge >= 0.3 is 0 Å². The van der Waals surface area contributed by atoms with Crippen molar-refractivity contribution in [2.24, 2.45) is 0 Å². The molecule has 3 N–H and O–H groups in total. The molecule has 1 unspecified atom stereocenters. The molecule has 1 rings (SSSR count). The fraction of sp³-hybridized carbons (Fsp3) is 0.400. The maximum Gasteiger partial charge on any atom is 0.230 e. The Morgan fingerprint density at radius 2 is 2.29 bits per heavy atom. The third kappa shape index (κ3) is 2.40. The van der Waals surface area contributed by atoms with E-state index in [1.165, 1.54) is 6.33 Å². The SMILES string of the molecule is Nc1ncnn1C(NC=O)C(Cl)(Cl)Cl. The van der Waals surface area contributed by atoms with Gasteiger partial charge in [0.05, 0.1) is 0 Å². The van der Waals surface area contributed by atoms with Crippen LogP contribution in [0.3, 0.4) is 0 Å². The summed E-state index contributed by atoms with van der Waals surface area (Å²) in [5.74, 6) is 0.0377. The molecule has 9 heteroatoms. The molecule has 14 heavy (non-hydrogen) atoms. The normalized spacial score (nSPS) is 13.6. The predicted octanol–water partition coefficient (Wildman–Crippen LogP) is 0.475. The number of amides is 1. The molecular weight excluding hydrogens is 252 g/mol. The van der Waals surface area contributed by atoms with Crippen LogP contribution in [-0.4, -0.2) is 25.0 Å². The summed E-state index contributed by atoms with van der Waals surface area (Å²) >= 11 is 16.8. The lowest BCUT2D eigenvalue weighted by atomic mass is 10.5. The van der Waals surface area contributed by atoms with Gasteiger partial charge in [0.25, 0.3) is 0 Å². The highest BCUT2D eigenvalue weighted by molar-refractivity contribution is 6.67. The molecule has 1 aromatic heterocycles. The molecule has 1 aromatic rings. The van der Waals surface area contributed by atoms with Crippen LogP contribution in [0.1, 0.15) is 6.17 Å². The number of anilines is 1. The highest BCUT2D eigenvalue weighted by atomic mass is 35.6. The monoisotopic (exact) mass is 257 g/mol. The van der Waals surface area contributed by atoms with E-state index in [2.05, 4.69) is 15.4 Å². The van der Waals surface area contributed by atoms with Gasteiger partial charge in [-0.1, -0.05) is 34.8 Å². The van der Waals surface area contributed by atoms with E-state index in [1.807, 2.05) is 0 Å². The third-order valence-electron chi connectivity index (χ3n) is 1.38. The summed E-state index contributed by atoms with van der Waals surface area (Å²) in [6, 6.07) is 0. The van der Waals surface area contributed by atoms with Crippen molar-refractivity contribution >= 4 is 47.2 Å². The van der Waals surface area contributed by atoms with Crippen LogP contribution in [0.5, 0.6) is 0 Å². The van der Waals surface area contributed by atoms with Gasteiger partial charge in [-0.25, -0.2) is 4.68 Å². The average molecular weight is 258 g/mol. The van der Waals surface area contributed by atoms with Crippen LogP contribution in [0.4, 0.5) is 5.95 Å². The second-order valence-electron chi connectivity index (χ2n) is 2.29. The molecule has 1 amide bonds. The number of carbonyl (C=O) groups excluding carboxylic acids is 1. The number of hydrogen-bond acceptors (Lipinski definition) is 4. The number of carbonyl (C=O) groups is 1. The number of hydrogen-bond donors (Lipinski definition) is 2. The first-order chi connectivity index (χ1) is 6.46. The lowest BCUT2D eigenvalue weighted by Gasteiger charge is -2.23. The Kier molecular flexibility index (Phi) is 3.41. The third-order valence-corrected chi connectivity index (χ3v) is 2.00. The highest BCUT2D eigenvalue weighted by Gasteiger charge is 2.35. The number of nitrogens with one attached hydrogen (secondary N) is 1. The molecule has 0 aliphatic heterocycles. The van der Waals surface area contributed by atoms with E-state index < -0.39 is 9.96 Å². The maximum atomic E-state index is 10.3. The first kappa shape index (κ1) is 11.4. The van der Waals surface area contributed by atoms with Gasteiger partial charge in [-0.05, 0) is 0 Å². The van der Waals surface area contributed by atoms with Crippen molar-refractivity contribution in [3.05, 3.63) is 6.33 Å². The Morgan fingerprint density at radius 3 is 2.64 bits per heavy atom. The average Bonchev–Trinajstić information content (AvgIpc) is 2.45. The van der Waals surface area contributed by atoms with E-state index in [0.29, 0.717) is 6.41 Å². The molecule has 1 atom stereocenters. The summed E-state index contributed by atoms with van der Waals surface area (Å²) < 4.78 is -0.663. The first-order valence-corrected chi connectivity index (χ1v) is 4.51. The summed E-state index contributed by atoms with van der Waals surface area (Å²) in [7, 11) is 0. The maximum absolute atomic E-state index is 10.3. The zero-order valence-electron chi connectivity index (χ0n) is 6.69. The van der Waals surface area contributed by atoms with Gasteiger partial charge in [0, 0.05) is 0 Å². The summed E-state index contributed by atoms with van der Waals surface area (Å²) in [6.45, 7) is 0. The van der Waals surface area contributed by atoms with Crippen molar-refractivity contribution in [1.82, 2.24) is 20.1 Å². The molecule has 1 heterocycles. The van der Waals surface area contributed by atoms with Gasteiger partial charge in [-0.15, -0.1) is 0 Å². The van der Waals surface area contributed by atoms with E-state index in [0.717, 1.165) is 4.68 Å². The van der Waals surface area contributed by atoms with Crippen molar-refractivity contribution in [1.29, 1.82) is 0 Å². The van der Waals surface area contributed by atoms with Crippen LogP contribution < -0.4 is 11.1 Å². The van der Waals surface area contributed by atoms with E-state index in [9.17, 15) is 4.79 Å². The lowest BCUT2D eigenvalue weighted by molar-refractivity contribution is -0.110. The van der Waals surface area contributed by atoms with Crippen LogP contribution >= 0.6 is 34.8 Å². The first-order valence-electron chi connectivity index (χ1n) is 3.38. The van der Waals surface area contributed by atoms with Gasteiger partial charge in [-0.2, -0.15) is 10.1 Å². The molecule has 0 aliphatic carbocycles. The zero-order valence-corrected chi connectivity index (χ0v) is 8.96. The van der Waals surface area contributed by atoms with E-state index in [1.54, 1.807) is 0 Å². The minimum atomic E-state index is -1.76. The molecule has 0 radical (unpaired) electrons. The fourth-order valence-electron chi connectivity index (χ4n) is 0.826. The summed E-state index contributed by atoms with van der Waals surface area (Å²) in [4.78, 5) is 13.9. The van der Waals surface area contributed by atoms with Crippen LogP contribution in [-0.2, 0) is 4.79 Å². The largest absolute Gasteiger partial charge is 0.368 e. The molecule has 0 bridgehead atoms. The second-order valence-corrected chi connectivity index (χ2v) is 4.66. The molecule has 0 aromatic carbocycles. The molecule has 0 spiro atoms. The van der Waals surface area contributed by atoms with Crippen LogP contribution in [0.2, 0.25) is 0 Å². The fourth-order valence-corrected chi connectivity index (χ4v) is 1.29. The predicted molar refractivity (Wildman–Crippen MR) is 53.0 cm³/mol. The molecule has 78 valence electrons. The Hall–Kier alpha value is -0.720. The Bertz CT molecular complexity index is 321. The molecule has 0 saturated heterocycles. The van der Waals surface area contributed by atoms with Crippen molar-refractivity contribution < 1.29 is 4.79 Å². The van der Waals surface area contributed by atoms with Crippen LogP contribution in [0.15, 0.2) is 6.33 Å². The van der Waals surface area contributed by atoms with Gasteiger partial charge in [0.1, 0.15) is 6.33 Å². The summed E-state index contributed by atoms with van der Waals surface area (Å²) in [6.07, 6.45) is 0.575. The van der Waals surface area contributed by atoms with Crippen molar-refractivity contribution in [2.45, 2.75) is 9.96 Å². The molecule has 6 nitrogen and oxygen atoms in total. The number of halogens is 3. The standard InChI is InChI=1S/C5H6Cl3N5O/c6-5(7,8)3(11-2-14)13-4(9)10-1-12-13/h1-3H,(H,11,14)(H2,9,10,12). The zero-order chi connectivity index (χ0) is 10.8. The number of nitrogen functional groups attached to an aromatic ring is 1. The number of aromatic nitrogens is 3. The van der Waals surface area contributed by atoms with Gasteiger partial charge in [-0.3, -0.25) is 4.79 Å². The number of rotatable bonds is 3. The molecule has 0 saturated carbocycles. The van der Waals surface area contributed by atoms with Crippen molar-refractivity contribution in [3.8, 4) is 0 Å². The van der Waals surface area contributed by atoms with Crippen LogP contribution in [0.25, 0.3) is 0 Å². The molecule has 0 aliphatic rings. The van der Waals surface area contributed by atoms with Crippen LogP contribution in [0, 0.1) is 0 Å². The molecule has 0 fully saturated rings. The lowest BCUT2D eigenvalue weighted by Crippen LogP contribution is -2.37. The smallest absolute Gasteiger partial charge is 0.230 e. The van der Waals surface area contributed by atoms with Gasteiger partial charge in [0.15, 0.2) is 6.17 Å². The van der Waals surface area contributed by atoms with E-state index in [4.69, 9.17) is 40.5 Å². The minimum absolute atomic E-state index is 0.0377. The minimum Gasteiger partial charge on any atom is -0.368 e. The quantitative estimate of drug-likeness (QED) is 0.610. The Morgan fingerprint density at radius 1 is 1.64 bits per heavy atom. The highest BCUT2D eigenvalue weighted by Crippen LogP contribution is 2.36. The Labute approximate surface area is 94.3 Å². The number of nitrogens with two attached hydrogens (primary N) is 1. The second kappa shape index (κ2) is 4.20. The Balaban J connectivity index is 3.00. The van der Waals surface area contributed by atoms with Crippen molar-refractivity contribution in [3.63, 3.8) is 0 Å². The van der Waals surface area contributed by atoms with Gasteiger partial charge < -0.3 is 11.1 Å². The summed E-state index contributed by atoms with van der Waals surface area (Å²) in [5, 5.41) is 5.98. The van der Waals surface area contributed by atoms with Gasteiger partial charge in [0.2, 0.25) is 16.2 Å². The number of nitrogens with zero attached hydrogens (tertiary/aromatic N) is 3. The van der Waals surface area contributed by atoms with E-state index in [-0.39, 0.29) is 5.95 Å². The summed E-state index contributed by atoms with van der Waals surface area (Å²) in [5.41, 5.74) is 5.43. The van der Waals surface area contributed by atoms with E-state index >= 15 is 0 Å². The van der Waals surface area contributed by atoms with Crippen molar-refractivity contribution in [2.75, 3.05) is 5.73 Å².